The molecule has 10 N–H and O–H groups in total. The summed E-state index contributed by atoms with van der Waals surface area (Å²) in [5.74, 6) is 0.350. The highest BCUT2D eigenvalue weighted by Gasteiger charge is 2.23. The molecular weight excluding hydrogens is 1380 g/mol. The van der Waals surface area contributed by atoms with E-state index in [-0.39, 0.29) is 114 Å². The molecule has 0 saturated heterocycles. The van der Waals surface area contributed by atoms with E-state index in [0.717, 1.165) is 77.0 Å². The molecule has 0 aliphatic heterocycles. The molecule has 600 valence electrons. The Balaban J connectivity index is 4.15. The first-order valence-electron chi connectivity index (χ1n) is 39.0. The third kappa shape index (κ3) is 72.0. The molecule has 0 heterocycles. The van der Waals surface area contributed by atoms with E-state index in [1.165, 1.54) is 152 Å². The highest BCUT2D eigenvalue weighted by Crippen LogP contribution is 2.23. The largest absolute Gasteiger partial charge is 0.697 e. The Hall–Kier alpha value is -3.58. The number of nitrogens with two attached hydrogens (primary N) is 2. The zero-order valence-corrected chi connectivity index (χ0v) is 66.0. The summed E-state index contributed by atoms with van der Waals surface area (Å²) in [7, 11) is -2.35. The standard InChI is InChI=1S/C72H141N8O19PS2/c1-5-9-13-17-21-25-29-33-37-77-69(83)94-57-63(98-71(85)79-39-35-31-27-23-19-15-11-7-3)59-101-61-65(73)67(81)75-41-43-88-45-47-90-49-51-92-53-55-96-100(87)97-56-54-93-52-50-91-48-46-89-44-42-76-68(82)66(74)62-102-60-64(99-72(86)80-40-36-32-28-24-20-16-12-8-4)58-95-70(84)78-38-34-30-26-22-18-14-10-6-2/h63-66H,5-62,73-74H2,1-4H3,(H5-,75,76,77,78,79,80,81,82,83,84,85,86)/p+1/t63-,64-,65+,66+/m1/s1. The number of hydrogen-bond acceptors (Lipinski definition) is 23. The van der Waals surface area contributed by atoms with Crippen LogP contribution in [0.1, 0.15) is 233 Å². The molecule has 0 spiro atoms. The lowest BCUT2D eigenvalue weighted by atomic mass is 10.1. The Bertz CT molecular complexity index is 1830. The van der Waals surface area contributed by atoms with Gasteiger partial charge in [-0.3, -0.25) is 9.59 Å². The summed E-state index contributed by atoms with van der Waals surface area (Å²) in [6, 6.07) is -1.65. The lowest BCUT2D eigenvalue weighted by Crippen LogP contribution is -2.43. The molecule has 0 aromatic heterocycles. The fourth-order valence-electron chi connectivity index (χ4n) is 9.88. The number of unbranched alkanes of at least 4 members (excludes halogenated alkanes) is 28. The van der Waals surface area contributed by atoms with Crippen LogP contribution in [-0.2, 0) is 70.6 Å². The number of hydrogen-bond donors (Lipinski definition) is 8. The third-order valence-electron chi connectivity index (χ3n) is 15.9. The molecule has 0 rings (SSSR count). The lowest BCUT2D eigenvalue weighted by Gasteiger charge is -2.19. The molecule has 0 radical (unpaired) electrons. The van der Waals surface area contributed by atoms with E-state index in [4.69, 9.17) is 67.9 Å². The van der Waals surface area contributed by atoms with E-state index in [2.05, 4.69) is 59.6 Å². The van der Waals surface area contributed by atoms with Crippen LogP contribution in [0.15, 0.2) is 0 Å². The fraction of sp³-hybridized carbons (Fsp3) is 0.917. The third-order valence-corrected chi connectivity index (χ3v) is 19.0. The van der Waals surface area contributed by atoms with Crippen LogP contribution in [-0.4, -0.2) is 228 Å². The van der Waals surface area contributed by atoms with Gasteiger partial charge in [0.05, 0.1) is 91.4 Å². The number of thioether (sulfide) groups is 2. The van der Waals surface area contributed by atoms with E-state index < -0.39 is 56.9 Å². The molecule has 0 bridgehead atoms. The second kappa shape index (κ2) is 78.5. The van der Waals surface area contributed by atoms with Gasteiger partial charge in [0, 0.05) is 66.8 Å². The van der Waals surface area contributed by atoms with Crippen LogP contribution in [0.2, 0.25) is 0 Å². The lowest BCUT2D eigenvalue weighted by molar-refractivity contribution is -0.122. The number of ether oxygens (including phenoxy) is 10. The summed E-state index contributed by atoms with van der Waals surface area (Å²) in [4.78, 5) is 75.7. The summed E-state index contributed by atoms with van der Waals surface area (Å²) >= 11 is 2.66. The van der Waals surface area contributed by atoms with Gasteiger partial charge in [-0.15, -0.1) is 9.05 Å². The minimum Gasteiger partial charge on any atom is -0.446 e. The van der Waals surface area contributed by atoms with Crippen molar-refractivity contribution >= 4 is 68.0 Å². The molecule has 4 atom stereocenters. The van der Waals surface area contributed by atoms with Crippen molar-refractivity contribution in [1.82, 2.24) is 31.9 Å². The van der Waals surface area contributed by atoms with Gasteiger partial charge in [-0.05, 0) is 25.7 Å². The van der Waals surface area contributed by atoms with Crippen molar-refractivity contribution in [1.29, 1.82) is 0 Å². The van der Waals surface area contributed by atoms with Crippen LogP contribution < -0.4 is 43.4 Å². The zero-order valence-electron chi connectivity index (χ0n) is 63.5. The van der Waals surface area contributed by atoms with Crippen LogP contribution in [0.5, 0.6) is 0 Å². The first-order valence-corrected chi connectivity index (χ1v) is 42.4. The SMILES string of the molecule is CCCCCCCCCCNC(=O)OC[C@H](CSC[C@H](N)C(=O)NCCOCCOCCOCCO[P+](=O)OCCOCCOCCOCCNC(=O)[C@@H](N)CSC[C@@H](COC(=O)NCCCCCCCCCC)OC(=O)NCCCCCCCCCC)OC(=O)NCCCCCCCCCC. The van der Waals surface area contributed by atoms with Crippen molar-refractivity contribution in [2.24, 2.45) is 11.5 Å². The predicted octanol–water partition coefficient (Wildman–Crippen LogP) is 12.3. The number of amides is 6. The predicted molar refractivity (Wildman–Crippen MR) is 407 cm³/mol. The van der Waals surface area contributed by atoms with E-state index in [1.807, 2.05) is 0 Å². The molecule has 0 aromatic carbocycles. The van der Waals surface area contributed by atoms with Gasteiger partial charge in [-0.25, -0.2) is 19.2 Å². The maximum Gasteiger partial charge on any atom is 0.697 e. The van der Waals surface area contributed by atoms with Crippen molar-refractivity contribution in [2.75, 3.05) is 168 Å². The van der Waals surface area contributed by atoms with Gasteiger partial charge >= 0.3 is 32.6 Å². The molecule has 0 aliphatic rings. The van der Waals surface area contributed by atoms with Gasteiger partial charge < -0.3 is 90.7 Å². The fourth-order valence-corrected chi connectivity index (χ4v) is 12.3. The van der Waals surface area contributed by atoms with E-state index in [0.29, 0.717) is 65.8 Å². The van der Waals surface area contributed by atoms with Gasteiger partial charge in [0.25, 0.3) is 0 Å². The van der Waals surface area contributed by atoms with Crippen molar-refractivity contribution in [2.45, 2.75) is 257 Å². The van der Waals surface area contributed by atoms with E-state index >= 15 is 0 Å². The van der Waals surface area contributed by atoms with Crippen molar-refractivity contribution in [3.05, 3.63) is 0 Å². The Kier molecular flexibility index (Phi) is 75.7. The van der Waals surface area contributed by atoms with E-state index in [9.17, 15) is 33.3 Å². The Morgan fingerprint density at radius 2 is 0.549 bits per heavy atom. The van der Waals surface area contributed by atoms with Gasteiger partial charge in [0.15, 0.2) is 0 Å². The molecular formula is C72H142N8O19PS2+. The molecule has 30 heteroatoms. The highest BCUT2D eigenvalue weighted by atomic mass is 32.2. The Morgan fingerprint density at radius 3 is 0.833 bits per heavy atom. The van der Waals surface area contributed by atoms with Crippen LogP contribution in [0.4, 0.5) is 19.2 Å². The Morgan fingerprint density at radius 1 is 0.304 bits per heavy atom. The minimum absolute atomic E-state index is 0.0589. The summed E-state index contributed by atoms with van der Waals surface area (Å²) in [6.45, 7) is 14.5. The summed E-state index contributed by atoms with van der Waals surface area (Å²) < 4.78 is 77.6. The molecule has 27 nitrogen and oxygen atoms in total. The average Bonchev–Trinajstić information content (AvgIpc) is 1.02. The molecule has 0 aliphatic carbocycles. The average molecular weight is 1520 g/mol. The molecule has 0 aromatic rings. The maximum absolute atomic E-state index is 12.7. The van der Waals surface area contributed by atoms with Gasteiger partial charge in [-0.2, -0.15) is 23.5 Å². The van der Waals surface area contributed by atoms with Crippen LogP contribution in [0, 0.1) is 0 Å². The molecule has 102 heavy (non-hydrogen) atoms. The van der Waals surface area contributed by atoms with E-state index in [1.54, 1.807) is 0 Å². The second-order valence-electron chi connectivity index (χ2n) is 25.3. The van der Waals surface area contributed by atoms with Gasteiger partial charge in [0.2, 0.25) is 11.8 Å². The van der Waals surface area contributed by atoms with Crippen molar-refractivity contribution in [3.63, 3.8) is 0 Å². The monoisotopic (exact) mass is 1520 g/mol. The molecule has 0 fully saturated rings. The highest BCUT2D eigenvalue weighted by molar-refractivity contribution is 7.99. The van der Waals surface area contributed by atoms with Crippen molar-refractivity contribution < 1.29 is 89.7 Å². The number of rotatable bonds is 78. The number of nitrogens with one attached hydrogen (secondary N) is 6. The maximum atomic E-state index is 12.7. The van der Waals surface area contributed by atoms with Crippen LogP contribution in [0.3, 0.4) is 0 Å². The zero-order chi connectivity index (χ0) is 74.5. The molecule has 0 unspecified atom stereocenters. The topological polar surface area (TPSA) is 354 Å². The first kappa shape index (κ1) is 98.4. The summed E-state index contributed by atoms with van der Waals surface area (Å²) in [5.41, 5.74) is 12.3. The number of alkyl carbamates (subject to hydrolysis) is 4. The summed E-state index contributed by atoms with van der Waals surface area (Å²) in [6.07, 6.45) is 33.2. The normalized spacial score (nSPS) is 12.5. The quantitative estimate of drug-likeness (QED) is 0.0159. The number of carbonyl (C=O) groups excluding carboxylic acids is 6. The Labute approximate surface area is 623 Å². The van der Waals surface area contributed by atoms with Gasteiger partial charge in [0.1, 0.15) is 38.6 Å². The van der Waals surface area contributed by atoms with Crippen LogP contribution in [0.25, 0.3) is 0 Å². The summed E-state index contributed by atoms with van der Waals surface area (Å²) in [5, 5.41) is 16.7. The second-order valence-corrected chi connectivity index (χ2v) is 28.4. The van der Waals surface area contributed by atoms with Gasteiger partial charge in [-0.1, -0.05) is 207 Å². The minimum atomic E-state index is -2.35. The van der Waals surface area contributed by atoms with Crippen LogP contribution >= 0.6 is 31.8 Å². The smallest absolute Gasteiger partial charge is 0.446 e. The van der Waals surface area contributed by atoms with Crippen molar-refractivity contribution in [3.8, 4) is 0 Å². The number of carbonyl (C=O) groups is 6. The first-order chi connectivity index (χ1) is 49.9. The molecule has 6 amide bonds. The molecule has 0 saturated carbocycles.